The second kappa shape index (κ2) is 10.6. The molecule has 0 aromatic heterocycles. The maximum atomic E-state index is 12.6. The van der Waals surface area contributed by atoms with E-state index < -0.39 is 0 Å². The number of carboxylic acid groups (broad SMARTS) is 1. The van der Waals surface area contributed by atoms with Crippen molar-refractivity contribution < 1.29 is 24.2 Å². The lowest BCUT2D eigenvalue weighted by Crippen LogP contribution is -2.36. The first kappa shape index (κ1) is 21.7. The summed E-state index contributed by atoms with van der Waals surface area (Å²) in [5, 5.41) is 9.58. The van der Waals surface area contributed by atoms with E-state index in [9.17, 15) is 9.59 Å². The highest BCUT2D eigenvalue weighted by atomic mass is 16.5. The van der Waals surface area contributed by atoms with Gasteiger partial charge in [0.1, 0.15) is 6.10 Å². The number of hydrogen-bond donors (Lipinski definition) is 2. The number of carbonyl (C=O) groups is 3. The molecule has 0 heterocycles. The molecule has 1 aromatic rings. The first-order valence-electron chi connectivity index (χ1n) is 8.95. The quantitative estimate of drug-likeness (QED) is 0.624. The Labute approximate surface area is 154 Å². The molecule has 1 aliphatic carbocycles. The topological polar surface area (TPSA) is 92.7 Å². The summed E-state index contributed by atoms with van der Waals surface area (Å²) in [6.45, 7) is 7.77. The summed E-state index contributed by atoms with van der Waals surface area (Å²) in [6.07, 6.45) is 3.16. The molecule has 26 heavy (non-hydrogen) atoms. The summed E-state index contributed by atoms with van der Waals surface area (Å²) in [7, 11) is 0. The molecule has 2 rings (SSSR count). The molecule has 6 nitrogen and oxygen atoms in total. The number of rotatable bonds is 4. The van der Waals surface area contributed by atoms with Crippen LogP contribution in [0.2, 0.25) is 0 Å². The van der Waals surface area contributed by atoms with Gasteiger partial charge in [0, 0.05) is 6.92 Å². The van der Waals surface area contributed by atoms with Crippen molar-refractivity contribution in [3.63, 3.8) is 0 Å². The van der Waals surface area contributed by atoms with E-state index in [2.05, 4.69) is 26.1 Å². The Morgan fingerprint density at radius 1 is 1.27 bits per heavy atom. The molecule has 1 aliphatic rings. The van der Waals surface area contributed by atoms with Gasteiger partial charge in [-0.3, -0.25) is 9.59 Å². The summed E-state index contributed by atoms with van der Waals surface area (Å²) in [4.78, 5) is 32.3. The zero-order valence-electron chi connectivity index (χ0n) is 15.9. The van der Waals surface area contributed by atoms with Crippen LogP contribution in [-0.4, -0.2) is 29.6 Å². The molecule has 144 valence electrons. The number of amides is 1. The standard InChI is InChI=1S/C19H27NO3.CH2O2/c1-12(2)15-10-9-13(3)11-18(15)23-19(22)16-7-5-6-8-17(16)20-14(4)21;2-1-3/h5-8,12-13,15,18H,9-11H2,1-4H3,(H,20,21);1H,(H,2,3). The molecule has 2 N–H and O–H groups in total. The van der Waals surface area contributed by atoms with Gasteiger partial charge in [0.05, 0.1) is 11.3 Å². The van der Waals surface area contributed by atoms with E-state index >= 15 is 0 Å². The van der Waals surface area contributed by atoms with E-state index in [-0.39, 0.29) is 24.5 Å². The average molecular weight is 363 g/mol. The van der Waals surface area contributed by atoms with Crippen molar-refractivity contribution in [1.29, 1.82) is 0 Å². The van der Waals surface area contributed by atoms with Gasteiger partial charge in [-0.15, -0.1) is 0 Å². The number of anilines is 1. The summed E-state index contributed by atoms with van der Waals surface area (Å²) in [6, 6.07) is 7.00. The first-order chi connectivity index (χ1) is 12.3. The molecular weight excluding hydrogens is 334 g/mol. The Hall–Kier alpha value is -2.37. The number of para-hydroxylation sites is 1. The first-order valence-corrected chi connectivity index (χ1v) is 8.95. The number of ether oxygens (including phenoxy) is 1. The Bertz CT molecular complexity index is 614. The lowest BCUT2D eigenvalue weighted by atomic mass is 9.75. The molecule has 6 heteroatoms. The molecule has 0 aliphatic heterocycles. The van der Waals surface area contributed by atoms with E-state index in [1.807, 2.05) is 0 Å². The van der Waals surface area contributed by atoms with Crippen molar-refractivity contribution in [2.24, 2.45) is 17.8 Å². The fourth-order valence-corrected chi connectivity index (χ4v) is 3.41. The van der Waals surface area contributed by atoms with E-state index in [1.54, 1.807) is 24.3 Å². The lowest BCUT2D eigenvalue weighted by Gasteiger charge is -2.36. The van der Waals surface area contributed by atoms with Crippen LogP contribution in [0.1, 0.15) is 57.3 Å². The SMILES string of the molecule is CC(=O)Nc1ccccc1C(=O)OC1CC(C)CCC1C(C)C.O=CO. The zero-order chi connectivity index (χ0) is 19.7. The van der Waals surface area contributed by atoms with E-state index in [4.69, 9.17) is 14.6 Å². The molecule has 1 aromatic carbocycles. The summed E-state index contributed by atoms with van der Waals surface area (Å²) in [5.41, 5.74) is 0.929. The molecule has 3 atom stereocenters. The smallest absolute Gasteiger partial charge is 0.340 e. The van der Waals surface area contributed by atoms with Gasteiger partial charge in [-0.1, -0.05) is 39.3 Å². The highest BCUT2D eigenvalue weighted by Gasteiger charge is 2.33. The Morgan fingerprint density at radius 2 is 1.88 bits per heavy atom. The molecule has 3 unspecified atom stereocenters. The Kier molecular flexibility index (Phi) is 8.82. The fraction of sp³-hybridized carbons (Fsp3) is 0.550. The van der Waals surface area contributed by atoms with Crippen LogP contribution >= 0.6 is 0 Å². The minimum absolute atomic E-state index is 0.0448. The zero-order valence-corrected chi connectivity index (χ0v) is 15.9. The molecule has 0 saturated heterocycles. The van der Waals surface area contributed by atoms with Gasteiger partial charge in [-0.2, -0.15) is 0 Å². The molecular formula is C20H29NO5. The lowest BCUT2D eigenvalue weighted by molar-refractivity contribution is -0.123. The van der Waals surface area contributed by atoms with E-state index in [0.717, 1.165) is 12.8 Å². The third-order valence-electron chi connectivity index (χ3n) is 4.68. The predicted molar refractivity (Wildman–Crippen MR) is 100.0 cm³/mol. The average Bonchev–Trinajstić information content (AvgIpc) is 2.55. The predicted octanol–water partition coefficient (Wildman–Crippen LogP) is 3.96. The van der Waals surface area contributed by atoms with Gasteiger partial charge in [0.2, 0.25) is 5.91 Å². The van der Waals surface area contributed by atoms with Crippen LogP contribution in [0.25, 0.3) is 0 Å². The van der Waals surface area contributed by atoms with Crippen LogP contribution < -0.4 is 5.32 Å². The molecule has 1 fully saturated rings. The van der Waals surface area contributed by atoms with Crippen LogP contribution in [0.15, 0.2) is 24.3 Å². The Balaban J connectivity index is 0.00000105. The highest BCUT2D eigenvalue weighted by Crippen LogP contribution is 2.36. The van der Waals surface area contributed by atoms with Crippen molar-refractivity contribution >= 4 is 24.0 Å². The third-order valence-corrected chi connectivity index (χ3v) is 4.68. The minimum Gasteiger partial charge on any atom is -0.483 e. The largest absolute Gasteiger partial charge is 0.483 e. The molecule has 0 radical (unpaired) electrons. The van der Waals surface area contributed by atoms with Gasteiger partial charge in [-0.05, 0) is 42.7 Å². The van der Waals surface area contributed by atoms with Gasteiger partial charge >= 0.3 is 5.97 Å². The van der Waals surface area contributed by atoms with Crippen LogP contribution in [0, 0.1) is 17.8 Å². The second-order valence-corrected chi connectivity index (χ2v) is 7.10. The molecule has 0 spiro atoms. The normalized spacial score (nSPS) is 22.0. The maximum Gasteiger partial charge on any atom is 0.340 e. The van der Waals surface area contributed by atoms with Crippen LogP contribution in [0.5, 0.6) is 0 Å². The van der Waals surface area contributed by atoms with Crippen molar-refractivity contribution in [1.82, 2.24) is 0 Å². The van der Waals surface area contributed by atoms with Gasteiger partial charge in [0.15, 0.2) is 0 Å². The third kappa shape index (κ3) is 6.50. The van der Waals surface area contributed by atoms with Crippen LogP contribution in [-0.2, 0) is 14.3 Å². The molecule has 1 saturated carbocycles. The second-order valence-electron chi connectivity index (χ2n) is 7.10. The van der Waals surface area contributed by atoms with E-state index in [0.29, 0.717) is 29.0 Å². The highest BCUT2D eigenvalue weighted by molar-refractivity contribution is 6.00. The number of carbonyl (C=O) groups excluding carboxylic acids is 2. The molecule has 1 amide bonds. The van der Waals surface area contributed by atoms with E-state index in [1.165, 1.54) is 13.3 Å². The van der Waals surface area contributed by atoms with Gasteiger partial charge < -0.3 is 15.2 Å². The van der Waals surface area contributed by atoms with Crippen molar-refractivity contribution in [3.8, 4) is 0 Å². The number of esters is 1. The monoisotopic (exact) mass is 363 g/mol. The fourth-order valence-electron chi connectivity index (χ4n) is 3.41. The maximum absolute atomic E-state index is 12.6. The van der Waals surface area contributed by atoms with Gasteiger partial charge in [-0.25, -0.2) is 4.79 Å². The number of hydrogen-bond acceptors (Lipinski definition) is 4. The van der Waals surface area contributed by atoms with Crippen molar-refractivity contribution in [2.45, 2.75) is 53.1 Å². The van der Waals surface area contributed by atoms with Crippen molar-refractivity contribution in [2.75, 3.05) is 5.32 Å². The summed E-state index contributed by atoms with van der Waals surface area (Å²) in [5.74, 6) is 0.929. The molecule has 0 bridgehead atoms. The number of nitrogens with one attached hydrogen (secondary N) is 1. The van der Waals surface area contributed by atoms with Crippen molar-refractivity contribution in [3.05, 3.63) is 29.8 Å². The summed E-state index contributed by atoms with van der Waals surface area (Å²) < 4.78 is 5.85. The van der Waals surface area contributed by atoms with Gasteiger partial charge in [0.25, 0.3) is 6.47 Å². The minimum atomic E-state index is -0.348. The summed E-state index contributed by atoms with van der Waals surface area (Å²) >= 11 is 0. The van der Waals surface area contributed by atoms with Crippen LogP contribution in [0.4, 0.5) is 5.69 Å². The number of benzene rings is 1. The van der Waals surface area contributed by atoms with Crippen LogP contribution in [0.3, 0.4) is 0 Å². The Morgan fingerprint density at radius 3 is 2.46 bits per heavy atom.